The van der Waals surface area contributed by atoms with Gasteiger partial charge in [0.2, 0.25) is 0 Å². The van der Waals surface area contributed by atoms with Gasteiger partial charge in [-0.2, -0.15) is 0 Å². The van der Waals surface area contributed by atoms with Crippen molar-refractivity contribution in [1.29, 1.82) is 0 Å². The molecule has 4 aromatic rings. The molecule has 2 aromatic heterocycles. The Labute approximate surface area is 174 Å². The minimum atomic E-state index is -0.719. The summed E-state index contributed by atoms with van der Waals surface area (Å²) in [6.45, 7) is -0.503. The van der Waals surface area contributed by atoms with Gasteiger partial charge in [-0.25, -0.2) is 9.67 Å². The lowest BCUT2D eigenvalue weighted by molar-refractivity contribution is -0.146. The number of carbonyl (C=O) groups is 1. The maximum Gasteiger partial charge on any atom is 0.328 e. The number of halogens is 1. The molecule has 0 aliphatic rings. The minimum Gasteiger partial charge on any atom is -0.456 e. The number of hydrogen-bond donors (Lipinski definition) is 2. The topological polar surface area (TPSA) is 119 Å². The number of aliphatic hydroxyl groups is 1. The van der Waals surface area contributed by atoms with Crippen molar-refractivity contribution in [3.05, 3.63) is 74.0 Å². The third-order valence-electron chi connectivity index (χ3n) is 4.65. The van der Waals surface area contributed by atoms with Crippen LogP contribution in [0.25, 0.3) is 21.8 Å². The molecule has 10 heteroatoms. The normalized spacial score (nSPS) is 11.3. The number of aromatic amines is 1. The molecule has 0 atom stereocenters. The van der Waals surface area contributed by atoms with Crippen LogP contribution in [0.3, 0.4) is 0 Å². The lowest BCUT2D eigenvalue weighted by Gasteiger charge is -2.10. The fourth-order valence-corrected chi connectivity index (χ4v) is 3.45. The molecule has 0 unspecified atom stereocenters. The molecule has 2 heterocycles. The van der Waals surface area contributed by atoms with Crippen LogP contribution in [-0.2, 0) is 29.2 Å². The summed E-state index contributed by atoms with van der Waals surface area (Å²) in [6.07, 6.45) is 0. The minimum absolute atomic E-state index is 0.132. The van der Waals surface area contributed by atoms with E-state index in [1.807, 2.05) is 0 Å². The molecule has 30 heavy (non-hydrogen) atoms. The Kier molecular flexibility index (Phi) is 5.39. The number of H-pyrrole nitrogens is 1. The van der Waals surface area contributed by atoms with Crippen molar-refractivity contribution < 1.29 is 14.6 Å². The Morgan fingerprint density at radius 2 is 1.93 bits per heavy atom. The molecule has 0 fully saturated rings. The van der Waals surface area contributed by atoms with Crippen LogP contribution in [0.5, 0.6) is 0 Å². The van der Waals surface area contributed by atoms with E-state index >= 15 is 0 Å². The first-order valence-electron chi connectivity index (χ1n) is 9.11. The van der Waals surface area contributed by atoms with Gasteiger partial charge in [0.25, 0.3) is 11.1 Å². The average molecular weight is 429 g/mol. The number of esters is 1. The maximum absolute atomic E-state index is 12.5. The van der Waals surface area contributed by atoms with Crippen molar-refractivity contribution in [3.63, 3.8) is 0 Å². The van der Waals surface area contributed by atoms with Crippen LogP contribution in [0.4, 0.5) is 0 Å². The molecule has 0 spiro atoms. The number of hydrogen-bond acceptors (Lipinski definition) is 6. The second-order valence-corrected chi connectivity index (χ2v) is 7.01. The van der Waals surface area contributed by atoms with E-state index in [1.54, 1.807) is 34.9 Å². The Morgan fingerprint density at radius 1 is 1.17 bits per heavy atom. The van der Waals surface area contributed by atoms with Crippen molar-refractivity contribution in [2.75, 3.05) is 6.61 Å². The van der Waals surface area contributed by atoms with Gasteiger partial charge in [0.15, 0.2) is 0 Å². The van der Waals surface area contributed by atoms with Crippen LogP contribution in [0.2, 0.25) is 5.02 Å². The number of benzene rings is 2. The Bertz CT molecular complexity index is 1370. The zero-order valence-corrected chi connectivity index (χ0v) is 16.4. The predicted molar refractivity (Wildman–Crippen MR) is 110 cm³/mol. The molecule has 2 N–H and O–H groups in total. The highest BCUT2D eigenvalue weighted by Crippen LogP contribution is 2.21. The third kappa shape index (κ3) is 3.72. The summed E-state index contributed by atoms with van der Waals surface area (Å²) in [4.78, 5) is 41.4. The van der Waals surface area contributed by atoms with Gasteiger partial charge in [0.1, 0.15) is 19.0 Å². The molecule has 0 saturated heterocycles. The highest BCUT2D eigenvalue weighted by molar-refractivity contribution is 6.31. The number of rotatable bonds is 6. The summed E-state index contributed by atoms with van der Waals surface area (Å²) in [7, 11) is 0. The predicted octanol–water partition coefficient (Wildman–Crippen LogP) is 1.43. The van der Waals surface area contributed by atoms with Crippen LogP contribution in [0.15, 0.2) is 52.1 Å². The van der Waals surface area contributed by atoms with E-state index in [1.165, 1.54) is 12.1 Å². The van der Waals surface area contributed by atoms with E-state index in [9.17, 15) is 19.5 Å². The van der Waals surface area contributed by atoms with Gasteiger partial charge in [0.05, 0.1) is 28.4 Å². The van der Waals surface area contributed by atoms with E-state index in [0.717, 1.165) is 4.68 Å². The first-order valence-corrected chi connectivity index (χ1v) is 9.48. The van der Waals surface area contributed by atoms with Gasteiger partial charge in [-0.1, -0.05) is 23.7 Å². The fraction of sp³-hybridized carbons (Fsp3) is 0.200. The maximum atomic E-state index is 12.5. The molecular weight excluding hydrogens is 412 g/mol. The van der Waals surface area contributed by atoms with E-state index < -0.39 is 23.6 Å². The third-order valence-corrected chi connectivity index (χ3v) is 4.88. The van der Waals surface area contributed by atoms with Crippen LogP contribution >= 0.6 is 11.6 Å². The Morgan fingerprint density at radius 3 is 2.70 bits per heavy atom. The molecule has 0 saturated carbocycles. The number of nitrogens with one attached hydrogen (secondary N) is 1. The van der Waals surface area contributed by atoms with Crippen molar-refractivity contribution in [3.8, 4) is 0 Å². The van der Waals surface area contributed by atoms with Crippen molar-refractivity contribution >= 4 is 39.4 Å². The number of fused-ring (bicyclic) bond motifs is 2. The largest absolute Gasteiger partial charge is 0.456 e. The molecule has 154 valence electrons. The number of ether oxygens (including phenoxy) is 1. The summed E-state index contributed by atoms with van der Waals surface area (Å²) < 4.78 is 7.89. The van der Waals surface area contributed by atoms with E-state index in [2.05, 4.69) is 10.1 Å². The number of nitrogens with zero attached hydrogens (tertiary/aromatic N) is 3. The molecular formula is C20H17ClN4O5. The molecule has 9 nitrogen and oxygen atoms in total. The van der Waals surface area contributed by atoms with Crippen LogP contribution in [0, 0.1) is 0 Å². The van der Waals surface area contributed by atoms with Crippen molar-refractivity contribution in [2.45, 2.75) is 19.7 Å². The zero-order valence-electron chi connectivity index (χ0n) is 15.7. The van der Waals surface area contributed by atoms with Crippen molar-refractivity contribution in [2.24, 2.45) is 0 Å². The first-order chi connectivity index (χ1) is 14.5. The first kappa shape index (κ1) is 19.9. The lowest BCUT2D eigenvalue weighted by atomic mass is 10.2. The Hall–Kier alpha value is -3.43. The van der Waals surface area contributed by atoms with Gasteiger partial charge >= 0.3 is 5.97 Å². The smallest absolute Gasteiger partial charge is 0.328 e. The van der Waals surface area contributed by atoms with Gasteiger partial charge in [-0.05, 0) is 30.3 Å². The lowest BCUT2D eigenvalue weighted by Crippen LogP contribution is -2.32. The second-order valence-electron chi connectivity index (χ2n) is 6.57. The van der Waals surface area contributed by atoms with E-state index in [-0.39, 0.29) is 30.5 Å². The summed E-state index contributed by atoms with van der Waals surface area (Å²) in [5.41, 5.74) is 0.385. The molecule has 4 rings (SSSR count). The molecule has 0 aliphatic carbocycles. The second kappa shape index (κ2) is 8.13. The molecule has 0 aliphatic heterocycles. The highest BCUT2D eigenvalue weighted by atomic mass is 35.5. The average Bonchev–Trinajstić information content (AvgIpc) is 3.07. The number of carbonyl (C=O) groups excluding carboxylic acids is 1. The van der Waals surface area contributed by atoms with Crippen molar-refractivity contribution in [1.82, 2.24) is 19.3 Å². The van der Waals surface area contributed by atoms with E-state index in [4.69, 9.17) is 16.3 Å². The van der Waals surface area contributed by atoms with Gasteiger partial charge in [0, 0.05) is 11.6 Å². The quantitative estimate of drug-likeness (QED) is 0.448. The summed E-state index contributed by atoms with van der Waals surface area (Å²) in [5.74, 6) is -0.294. The van der Waals surface area contributed by atoms with Crippen LogP contribution < -0.4 is 11.1 Å². The van der Waals surface area contributed by atoms with Gasteiger partial charge < -0.3 is 14.4 Å². The number of aliphatic hydroxyl groups excluding tert-OH is 1. The zero-order chi connectivity index (χ0) is 21.3. The van der Waals surface area contributed by atoms with E-state index in [0.29, 0.717) is 21.9 Å². The van der Waals surface area contributed by atoms with Gasteiger partial charge in [-0.15, -0.1) is 0 Å². The standard InChI is InChI=1S/C20H17ClN4O5/c21-12-5-6-15-16(9-12)24(7-8-26)17(22-15)11-30-18(27)10-25-20(29)14-4-2-1-3-13(14)19(28)23-25/h1-6,9,26H,7-8,10-11H2,(H,23,28). The Balaban J connectivity index is 1.55. The fourth-order valence-electron chi connectivity index (χ4n) is 3.28. The van der Waals surface area contributed by atoms with Crippen LogP contribution in [-0.4, -0.2) is 37.0 Å². The summed E-state index contributed by atoms with van der Waals surface area (Å²) >= 11 is 6.04. The SMILES string of the molecule is O=C(Cn1[nH]c(=O)c2ccccc2c1=O)OCc1nc2ccc(Cl)cc2n1CCO. The number of imidazole rings is 1. The summed E-state index contributed by atoms with van der Waals surface area (Å²) in [5, 5.41) is 12.7. The highest BCUT2D eigenvalue weighted by Gasteiger charge is 2.15. The molecule has 0 amide bonds. The number of aromatic nitrogens is 4. The van der Waals surface area contributed by atoms with Crippen LogP contribution in [0.1, 0.15) is 5.82 Å². The van der Waals surface area contributed by atoms with Gasteiger partial charge in [-0.3, -0.25) is 19.5 Å². The summed E-state index contributed by atoms with van der Waals surface area (Å²) in [6, 6.07) is 11.5. The molecule has 0 radical (unpaired) electrons. The molecule has 0 bridgehead atoms. The monoisotopic (exact) mass is 428 g/mol. The molecule has 2 aromatic carbocycles.